The van der Waals surface area contributed by atoms with E-state index in [1.807, 2.05) is 4.90 Å². The van der Waals surface area contributed by atoms with E-state index in [9.17, 15) is 18.0 Å². The summed E-state index contributed by atoms with van der Waals surface area (Å²) in [6.07, 6.45) is 2.50. The first-order valence-corrected chi connectivity index (χ1v) is 15.9. The molecule has 1 aliphatic heterocycles. The number of anilines is 1. The van der Waals surface area contributed by atoms with E-state index in [0.29, 0.717) is 48.3 Å². The molecule has 210 valence electrons. The predicted octanol–water partition coefficient (Wildman–Crippen LogP) is 5.06. The molecule has 2 aromatic rings. The molecule has 0 aliphatic carbocycles. The van der Waals surface area contributed by atoms with Crippen molar-refractivity contribution in [1.82, 2.24) is 14.1 Å². The first-order valence-electron chi connectivity index (χ1n) is 13.7. The van der Waals surface area contributed by atoms with Gasteiger partial charge in [-0.2, -0.15) is 4.31 Å². The van der Waals surface area contributed by atoms with Gasteiger partial charge in [0.25, 0.3) is 11.8 Å². The average molecular weight is 563 g/mol. The van der Waals surface area contributed by atoms with Gasteiger partial charge < -0.3 is 10.2 Å². The minimum atomic E-state index is -3.61. The van der Waals surface area contributed by atoms with E-state index < -0.39 is 10.0 Å². The molecule has 0 spiro atoms. The second kappa shape index (κ2) is 13.2. The lowest BCUT2D eigenvalue weighted by atomic mass is 10.0. The molecule has 8 nitrogen and oxygen atoms in total. The topological polar surface area (TPSA) is 90.0 Å². The number of thiophene rings is 1. The Morgan fingerprint density at radius 2 is 1.63 bits per heavy atom. The van der Waals surface area contributed by atoms with Gasteiger partial charge in [0, 0.05) is 55.8 Å². The van der Waals surface area contributed by atoms with Crippen molar-refractivity contribution in [3.05, 3.63) is 45.8 Å². The molecule has 38 heavy (non-hydrogen) atoms. The number of carbonyl (C=O) groups is 2. The van der Waals surface area contributed by atoms with Gasteiger partial charge in [-0.3, -0.25) is 14.5 Å². The van der Waals surface area contributed by atoms with Gasteiger partial charge in [0.05, 0.1) is 10.5 Å². The molecule has 0 atom stereocenters. The van der Waals surface area contributed by atoms with Crippen LogP contribution in [0.3, 0.4) is 0 Å². The Bertz CT molecular complexity index is 1210. The number of fused-ring (bicyclic) bond motifs is 1. The molecule has 0 radical (unpaired) electrons. The van der Waals surface area contributed by atoms with Crippen LogP contribution in [-0.2, 0) is 23.0 Å². The highest BCUT2D eigenvalue weighted by Crippen LogP contribution is 2.38. The first-order chi connectivity index (χ1) is 18.1. The molecular formula is C28H42N4O4S2. The maximum Gasteiger partial charge on any atom is 0.257 e. The van der Waals surface area contributed by atoms with E-state index in [0.717, 1.165) is 42.8 Å². The Kier molecular flexibility index (Phi) is 10.5. The summed E-state index contributed by atoms with van der Waals surface area (Å²) >= 11 is 1.48. The molecule has 1 N–H and O–H groups in total. The summed E-state index contributed by atoms with van der Waals surface area (Å²) in [5.41, 5.74) is 2.01. The third kappa shape index (κ3) is 6.47. The monoisotopic (exact) mass is 562 g/mol. The number of nitrogens with one attached hydrogen (secondary N) is 1. The molecule has 0 bridgehead atoms. The van der Waals surface area contributed by atoms with Gasteiger partial charge in [-0.15, -0.1) is 11.3 Å². The van der Waals surface area contributed by atoms with E-state index in [4.69, 9.17) is 0 Å². The van der Waals surface area contributed by atoms with Gasteiger partial charge >= 0.3 is 0 Å². The molecular weight excluding hydrogens is 520 g/mol. The number of carbonyl (C=O) groups excluding carboxylic acids is 2. The zero-order valence-corrected chi connectivity index (χ0v) is 25.2. The summed E-state index contributed by atoms with van der Waals surface area (Å²) in [6.45, 7) is 15.8. The number of rotatable bonds is 12. The van der Waals surface area contributed by atoms with Crippen LogP contribution in [0.25, 0.3) is 0 Å². The van der Waals surface area contributed by atoms with Crippen LogP contribution in [0.5, 0.6) is 0 Å². The highest BCUT2D eigenvalue weighted by molar-refractivity contribution is 7.89. The lowest BCUT2D eigenvalue weighted by Crippen LogP contribution is -2.37. The van der Waals surface area contributed by atoms with Crippen LogP contribution in [0.1, 0.15) is 85.5 Å². The maximum absolute atomic E-state index is 13.8. The van der Waals surface area contributed by atoms with Crippen LogP contribution in [0, 0.1) is 0 Å². The van der Waals surface area contributed by atoms with Crippen molar-refractivity contribution in [3.8, 4) is 0 Å². The van der Waals surface area contributed by atoms with Crippen LogP contribution in [-0.4, -0.2) is 73.1 Å². The SMILES string of the molecule is CCCN(CCC)C(=O)c1c(NC(=O)c2ccc(S(=O)(=O)N(CC)CC)cc2)sc2c1CCN(C(C)C)C2. The molecule has 0 fully saturated rings. The van der Waals surface area contributed by atoms with Gasteiger partial charge in [-0.25, -0.2) is 8.42 Å². The zero-order valence-electron chi connectivity index (χ0n) is 23.5. The van der Waals surface area contributed by atoms with Gasteiger partial charge in [-0.05, 0) is 62.9 Å². The fourth-order valence-electron chi connectivity index (χ4n) is 4.86. The van der Waals surface area contributed by atoms with Crippen molar-refractivity contribution in [2.75, 3.05) is 38.0 Å². The van der Waals surface area contributed by atoms with Crippen LogP contribution < -0.4 is 5.32 Å². The molecule has 0 saturated carbocycles. The smallest absolute Gasteiger partial charge is 0.257 e. The summed E-state index contributed by atoms with van der Waals surface area (Å²) in [6, 6.07) is 6.39. The van der Waals surface area contributed by atoms with Crippen molar-refractivity contribution in [1.29, 1.82) is 0 Å². The van der Waals surface area contributed by atoms with Gasteiger partial charge in [0.2, 0.25) is 10.0 Å². The zero-order chi connectivity index (χ0) is 28.0. The van der Waals surface area contributed by atoms with E-state index >= 15 is 0 Å². The molecule has 1 aromatic carbocycles. The van der Waals surface area contributed by atoms with Crippen LogP contribution in [0.2, 0.25) is 0 Å². The molecule has 0 unspecified atom stereocenters. The Morgan fingerprint density at radius 3 is 2.16 bits per heavy atom. The van der Waals surface area contributed by atoms with Gasteiger partial charge in [0.1, 0.15) is 5.00 Å². The largest absolute Gasteiger partial charge is 0.339 e. The lowest BCUT2D eigenvalue weighted by Gasteiger charge is -2.31. The Morgan fingerprint density at radius 1 is 1.03 bits per heavy atom. The summed E-state index contributed by atoms with van der Waals surface area (Å²) < 4.78 is 27.0. The summed E-state index contributed by atoms with van der Waals surface area (Å²) in [5.74, 6) is -0.386. The number of amides is 2. The van der Waals surface area contributed by atoms with Gasteiger partial charge in [-0.1, -0.05) is 27.7 Å². The second-order valence-electron chi connectivity index (χ2n) is 9.88. The Balaban J connectivity index is 1.94. The Hall–Kier alpha value is -2.27. The number of hydrogen-bond donors (Lipinski definition) is 1. The fraction of sp³-hybridized carbons (Fsp3) is 0.571. The number of sulfonamides is 1. The molecule has 3 rings (SSSR count). The van der Waals surface area contributed by atoms with Crippen molar-refractivity contribution in [2.45, 2.75) is 78.3 Å². The van der Waals surface area contributed by atoms with E-state index in [1.54, 1.807) is 13.8 Å². The van der Waals surface area contributed by atoms with Crippen molar-refractivity contribution < 1.29 is 18.0 Å². The minimum Gasteiger partial charge on any atom is -0.339 e. The summed E-state index contributed by atoms with van der Waals surface area (Å²) in [5, 5.41) is 3.58. The molecule has 10 heteroatoms. The number of hydrogen-bond acceptors (Lipinski definition) is 6. The average Bonchev–Trinajstić information content (AvgIpc) is 3.25. The number of benzene rings is 1. The van der Waals surface area contributed by atoms with Crippen molar-refractivity contribution in [2.24, 2.45) is 0 Å². The summed E-state index contributed by atoms with van der Waals surface area (Å²) in [4.78, 5) is 32.6. The van der Waals surface area contributed by atoms with E-state index in [1.165, 1.54) is 39.9 Å². The van der Waals surface area contributed by atoms with Crippen molar-refractivity contribution in [3.63, 3.8) is 0 Å². The summed E-state index contributed by atoms with van der Waals surface area (Å²) in [7, 11) is -3.61. The third-order valence-electron chi connectivity index (χ3n) is 6.99. The molecule has 2 amide bonds. The second-order valence-corrected chi connectivity index (χ2v) is 12.9. The maximum atomic E-state index is 13.8. The van der Waals surface area contributed by atoms with E-state index in [-0.39, 0.29) is 16.7 Å². The number of nitrogens with zero attached hydrogens (tertiary/aromatic N) is 3. The standard InChI is InChI=1S/C28H42N4O4S2/c1-7-16-30(17-8-2)28(34)25-23-15-18-31(20(5)6)19-24(23)37-27(25)29-26(33)21-11-13-22(14-12-21)38(35,36)32(9-3)10-4/h11-14,20H,7-10,15-19H2,1-6H3,(H,29,33). The first kappa shape index (κ1) is 30.3. The molecule has 1 aliphatic rings. The molecule has 1 aromatic heterocycles. The van der Waals surface area contributed by atoms with Crippen LogP contribution in [0.15, 0.2) is 29.2 Å². The quantitative estimate of drug-likeness (QED) is 0.391. The van der Waals surface area contributed by atoms with Gasteiger partial charge in [0.15, 0.2) is 0 Å². The predicted molar refractivity (Wildman–Crippen MR) is 155 cm³/mol. The normalized spacial score (nSPS) is 14.1. The van der Waals surface area contributed by atoms with Crippen LogP contribution in [0.4, 0.5) is 5.00 Å². The third-order valence-corrected chi connectivity index (χ3v) is 10.2. The highest BCUT2D eigenvalue weighted by Gasteiger charge is 2.31. The molecule has 0 saturated heterocycles. The van der Waals surface area contributed by atoms with Crippen LogP contribution >= 0.6 is 11.3 Å². The van der Waals surface area contributed by atoms with E-state index in [2.05, 4.69) is 37.9 Å². The highest BCUT2D eigenvalue weighted by atomic mass is 32.2. The minimum absolute atomic E-state index is 0.0276. The van der Waals surface area contributed by atoms with Crippen molar-refractivity contribution >= 4 is 38.2 Å². The Labute approximate surface area is 232 Å². The molecule has 2 heterocycles. The fourth-order valence-corrected chi connectivity index (χ4v) is 7.58. The lowest BCUT2D eigenvalue weighted by molar-refractivity contribution is 0.0755.